The van der Waals surface area contributed by atoms with Crippen LogP contribution in [0, 0.1) is 0 Å². The molecule has 5 rings (SSSR count). The zero-order valence-corrected chi connectivity index (χ0v) is 65.5. The minimum atomic E-state index is -0.767. The third kappa shape index (κ3) is 39.9. The molecule has 0 spiro atoms. The lowest BCUT2D eigenvalue weighted by atomic mass is 10.1. The molecule has 0 aliphatic carbocycles. The van der Waals surface area contributed by atoms with Gasteiger partial charge in [-0.2, -0.15) is 0 Å². The van der Waals surface area contributed by atoms with Crippen LogP contribution in [0.15, 0.2) is 152 Å². The lowest BCUT2D eigenvalue weighted by Crippen LogP contribution is -2.55. The molecule has 111 heavy (non-hydrogen) atoms. The zero-order chi connectivity index (χ0) is 80.2. The standard InChI is InChI=1S/C85H128N16O10/c86-51-21-16-36-71(91)56-97(81(107)46-41-66-26-6-1-7-27-66)62-77(103)94-73(38-18-23-53-88)58-99(83(109)48-43-68-30-10-3-11-31-68)64-79(105)96-75(40-20-25-55-90)60-101(85(111)50-45-70-34-14-5-15-35-70)65-80(106)95-74(39-19-24-54-89)59-100(84(110)49-44-69-32-12-4-13-33-69)63-78(104)93-72(37-17-22-52-87)57-98(61-76(92)102)82(108)47-42-67-28-8-2-9-29-67/h1-15,26-35,71-75H,16-25,36-65,86-91H2,(H2,92,102)(H,93,104)(H,94,103)(H,95,106)(H,96,105)/t71-,72-,73-,74-,75-/m0/s1. The number of unbranched alkanes of at least 4 members (excludes halogenated alkanes) is 5. The van der Waals surface area contributed by atoms with Gasteiger partial charge in [-0.05, 0) is 157 Å². The molecule has 0 fully saturated rings. The van der Waals surface area contributed by atoms with Gasteiger partial charge in [-0.25, -0.2) is 0 Å². The van der Waals surface area contributed by atoms with E-state index in [0.29, 0.717) is 148 Å². The van der Waals surface area contributed by atoms with Crippen LogP contribution in [0.5, 0.6) is 0 Å². The lowest BCUT2D eigenvalue weighted by Gasteiger charge is -2.32. The molecule has 608 valence electrons. The molecule has 0 radical (unpaired) electrons. The molecule has 10 amide bonds. The number of amides is 10. The smallest absolute Gasteiger partial charge is 0.239 e. The van der Waals surface area contributed by atoms with E-state index in [0.717, 1.165) is 40.7 Å². The highest BCUT2D eigenvalue weighted by atomic mass is 16.2. The Morgan fingerprint density at radius 3 is 0.676 bits per heavy atom. The topological polar surface area (TPSA) is 417 Å². The number of nitrogens with one attached hydrogen (secondary N) is 4. The Morgan fingerprint density at radius 1 is 0.270 bits per heavy atom. The number of carbonyl (C=O) groups is 10. The number of nitrogens with zero attached hydrogens (tertiary/aromatic N) is 5. The summed E-state index contributed by atoms with van der Waals surface area (Å²) in [5, 5.41) is 12.5. The first-order valence-corrected chi connectivity index (χ1v) is 40.1. The molecule has 0 saturated carbocycles. The van der Waals surface area contributed by atoms with E-state index in [1.807, 2.05) is 152 Å². The van der Waals surface area contributed by atoms with Crippen molar-refractivity contribution in [1.29, 1.82) is 0 Å². The van der Waals surface area contributed by atoms with Crippen molar-refractivity contribution in [2.75, 3.05) is 98.2 Å². The molecule has 26 nitrogen and oxygen atoms in total. The normalized spacial score (nSPS) is 12.5. The van der Waals surface area contributed by atoms with Crippen molar-refractivity contribution < 1.29 is 47.9 Å². The van der Waals surface area contributed by atoms with E-state index < -0.39 is 79.4 Å². The Morgan fingerprint density at radius 2 is 0.468 bits per heavy atom. The maximum Gasteiger partial charge on any atom is 0.239 e. The average molecular weight is 1530 g/mol. The van der Waals surface area contributed by atoms with Crippen molar-refractivity contribution in [3.8, 4) is 0 Å². The highest BCUT2D eigenvalue weighted by Crippen LogP contribution is 2.17. The van der Waals surface area contributed by atoms with Crippen molar-refractivity contribution in [3.05, 3.63) is 179 Å². The summed E-state index contributed by atoms with van der Waals surface area (Å²) in [6, 6.07) is 44.1. The van der Waals surface area contributed by atoms with Crippen LogP contribution in [0.25, 0.3) is 0 Å². The minimum Gasteiger partial charge on any atom is -0.368 e. The summed E-state index contributed by atoms with van der Waals surface area (Å²) in [5.74, 6) is -4.50. The van der Waals surface area contributed by atoms with Crippen molar-refractivity contribution in [3.63, 3.8) is 0 Å². The van der Waals surface area contributed by atoms with Crippen molar-refractivity contribution in [2.45, 2.75) is 191 Å². The van der Waals surface area contributed by atoms with E-state index in [1.54, 1.807) is 0 Å². The molecule has 5 aromatic rings. The predicted molar refractivity (Wildman–Crippen MR) is 436 cm³/mol. The number of rotatable bonds is 59. The average Bonchev–Trinajstić information content (AvgIpc) is 0.882. The number of primary amides is 1. The summed E-state index contributed by atoms with van der Waals surface area (Å²) in [6.07, 6.45) is 10.3. The highest BCUT2D eigenvalue weighted by molar-refractivity contribution is 5.89. The van der Waals surface area contributed by atoms with Gasteiger partial charge >= 0.3 is 0 Å². The summed E-state index contributed by atoms with van der Waals surface area (Å²) in [4.78, 5) is 151. The largest absolute Gasteiger partial charge is 0.368 e. The van der Waals surface area contributed by atoms with Crippen molar-refractivity contribution >= 4 is 59.1 Å². The predicted octanol–water partition coefficient (Wildman–Crippen LogP) is 4.69. The molecule has 5 atom stereocenters. The van der Waals surface area contributed by atoms with E-state index in [1.165, 1.54) is 24.5 Å². The first kappa shape index (κ1) is 92.2. The maximum atomic E-state index is 15.0. The van der Waals surface area contributed by atoms with Crippen molar-refractivity contribution in [1.82, 2.24) is 45.8 Å². The van der Waals surface area contributed by atoms with E-state index in [2.05, 4.69) is 21.3 Å². The van der Waals surface area contributed by atoms with Crippen LogP contribution in [-0.4, -0.2) is 212 Å². The molecule has 18 N–H and O–H groups in total. The fraction of sp³-hybridized carbons (Fsp3) is 0.529. The van der Waals surface area contributed by atoms with E-state index in [-0.39, 0.29) is 107 Å². The summed E-state index contributed by atoms with van der Waals surface area (Å²) in [6.45, 7) is -0.272. The van der Waals surface area contributed by atoms with Gasteiger partial charge in [0.2, 0.25) is 59.1 Å². The second kappa shape index (κ2) is 55.1. The van der Waals surface area contributed by atoms with Gasteiger partial charge in [0.25, 0.3) is 0 Å². The first-order chi connectivity index (χ1) is 53.8. The molecular weight excluding hydrogens is 1410 g/mol. The third-order valence-electron chi connectivity index (χ3n) is 19.5. The van der Waals surface area contributed by atoms with E-state index in [4.69, 9.17) is 40.1 Å². The Labute approximate surface area is 658 Å². The Hall–Kier alpha value is -9.44. The van der Waals surface area contributed by atoms with Crippen molar-refractivity contribution in [2.24, 2.45) is 40.1 Å². The zero-order valence-electron chi connectivity index (χ0n) is 65.5. The summed E-state index contributed by atoms with van der Waals surface area (Å²) >= 11 is 0. The summed E-state index contributed by atoms with van der Waals surface area (Å²) in [5.41, 5.74) is 46.7. The Bertz CT molecular complexity index is 3500. The van der Waals surface area contributed by atoms with Crippen LogP contribution in [0.2, 0.25) is 0 Å². The number of hydrogen-bond acceptors (Lipinski definition) is 16. The maximum absolute atomic E-state index is 15.0. The molecule has 5 aromatic carbocycles. The van der Waals surface area contributed by atoms with Crippen LogP contribution in [0.1, 0.15) is 156 Å². The molecule has 26 heteroatoms. The summed E-state index contributed by atoms with van der Waals surface area (Å²) < 4.78 is 0. The van der Waals surface area contributed by atoms with Gasteiger partial charge in [-0.1, -0.05) is 184 Å². The van der Waals surface area contributed by atoms with Gasteiger partial charge < -0.3 is 85.9 Å². The quantitative estimate of drug-likeness (QED) is 0.0235. The van der Waals surface area contributed by atoms with Crippen LogP contribution >= 0.6 is 0 Å². The van der Waals surface area contributed by atoms with Crippen LogP contribution in [0.4, 0.5) is 0 Å². The molecule has 0 heterocycles. The van der Waals surface area contributed by atoms with Crippen LogP contribution in [0.3, 0.4) is 0 Å². The van der Waals surface area contributed by atoms with E-state index in [9.17, 15) is 47.9 Å². The van der Waals surface area contributed by atoms with E-state index >= 15 is 0 Å². The van der Waals surface area contributed by atoms with Crippen LogP contribution < -0.4 is 61.4 Å². The molecule has 0 saturated heterocycles. The number of hydrogen-bond donors (Lipinski definition) is 11. The number of nitrogens with two attached hydrogens (primary N) is 7. The third-order valence-corrected chi connectivity index (χ3v) is 19.5. The van der Waals surface area contributed by atoms with Gasteiger partial charge in [-0.15, -0.1) is 0 Å². The Balaban J connectivity index is 1.44. The number of carbonyl (C=O) groups excluding carboxylic acids is 10. The molecule has 0 aliphatic rings. The molecule has 0 bridgehead atoms. The van der Waals surface area contributed by atoms with Gasteiger partial charge in [0, 0.05) is 95.0 Å². The monoisotopic (exact) mass is 1530 g/mol. The second-order valence-corrected chi connectivity index (χ2v) is 29.0. The lowest BCUT2D eigenvalue weighted by molar-refractivity contribution is -0.139. The second-order valence-electron chi connectivity index (χ2n) is 29.0. The fourth-order valence-corrected chi connectivity index (χ4v) is 13.5. The molecule has 0 unspecified atom stereocenters. The van der Waals surface area contributed by atoms with Gasteiger partial charge in [0.1, 0.15) is 0 Å². The summed E-state index contributed by atoms with van der Waals surface area (Å²) in [7, 11) is 0. The Kier molecular flexibility index (Phi) is 45.7. The first-order valence-electron chi connectivity index (χ1n) is 40.1. The molecular formula is C85H128N16O10. The molecule has 0 aromatic heterocycles. The highest BCUT2D eigenvalue weighted by Gasteiger charge is 2.31. The number of benzene rings is 5. The minimum absolute atomic E-state index is 0.00296. The van der Waals surface area contributed by atoms with Crippen LogP contribution in [-0.2, 0) is 80.0 Å². The fourth-order valence-electron chi connectivity index (χ4n) is 13.5. The molecule has 0 aliphatic heterocycles. The SMILES string of the molecule is NCCCC[C@H](N)CN(CC(=O)N[C@@H](CCCCN)CN(CC(=O)N[C@@H](CCCCN)CN(CC(=O)N[C@@H](CCCCN)CN(CC(=O)N[C@@H](CCCCN)CN(CC(N)=O)C(=O)CCc1ccccc1)C(=O)CCc1ccccc1)C(=O)CCc1ccccc1)C(=O)CCc1ccccc1)C(=O)CCc1ccccc1. The van der Waals surface area contributed by atoms with Gasteiger partial charge in [0.05, 0.1) is 32.7 Å². The van der Waals surface area contributed by atoms with Gasteiger partial charge in [-0.3, -0.25) is 47.9 Å². The number of aryl methyl sites for hydroxylation is 5. The van der Waals surface area contributed by atoms with Gasteiger partial charge in [0.15, 0.2) is 0 Å².